The number of carbonyl (C=O) groups is 1. The monoisotopic (exact) mass is 236 g/mol. The van der Waals surface area contributed by atoms with Gasteiger partial charge in [0.15, 0.2) is 0 Å². The lowest BCUT2D eigenvalue weighted by molar-refractivity contribution is -0.0487. The van der Waals surface area contributed by atoms with Crippen LogP contribution in [0.1, 0.15) is 11.1 Å². The average molecular weight is 236 g/mol. The van der Waals surface area contributed by atoms with Gasteiger partial charge in [-0.05, 0) is 23.6 Å². The third-order valence-corrected chi connectivity index (χ3v) is 2.82. The van der Waals surface area contributed by atoms with Crippen LogP contribution in [0, 0.1) is 5.21 Å². The highest BCUT2D eigenvalue weighted by molar-refractivity contribution is 5.94. The fourth-order valence-corrected chi connectivity index (χ4v) is 2.06. The number of urea groups is 1. The maximum Gasteiger partial charge on any atom is 0.321 e. The van der Waals surface area contributed by atoms with Gasteiger partial charge < -0.3 is 15.7 Å². The van der Waals surface area contributed by atoms with Crippen molar-refractivity contribution in [2.75, 3.05) is 18.5 Å². The summed E-state index contributed by atoms with van der Waals surface area (Å²) in [5.74, 6) is 0. The number of hydroxylamine groups is 2. The standard InChI is InChI=1S/C11H14N3O3/c1-12-11(15)13-5-4-9-6-8(7-14(16)17)2-3-10(9)13/h2-3,6,16H,4-5,7H2,1H3,(H,12,15)/q-1. The largest absolute Gasteiger partial charge is 0.762 e. The van der Waals surface area contributed by atoms with Crippen LogP contribution in [-0.4, -0.2) is 30.1 Å². The van der Waals surface area contributed by atoms with Crippen molar-refractivity contribution in [3.05, 3.63) is 34.5 Å². The number of benzene rings is 1. The second-order valence-corrected chi connectivity index (χ2v) is 3.93. The van der Waals surface area contributed by atoms with Crippen LogP contribution in [0.3, 0.4) is 0 Å². The number of nitrogens with zero attached hydrogens (tertiary/aromatic N) is 2. The van der Waals surface area contributed by atoms with Gasteiger partial charge in [0.2, 0.25) is 0 Å². The molecular formula is C11H14N3O3-. The summed E-state index contributed by atoms with van der Waals surface area (Å²) in [6.07, 6.45) is 0.765. The first-order valence-corrected chi connectivity index (χ1v) is 5.36. The zero-order valence-electron chi connectivity index (χ0n) is 9.51. The Bertz CT molecular complexity index is 434. The van der Waals surface area contributed by atoms with Crippen LogP contribution in [0.25, 0.3) is 0 Å². The Balaban J connectivity index is 2.22. The molecule has 1 aromatic rings. The van der Waals surface area contributed by atoms with Crippen molar-refractivity contribution >= 4 is 11.7 Å². The number of carbonyl (C=O) groups excluding carboxylic acids is 1. The summed E-state index contributed by atoms with van der Waals surface area (Å²) in [6.45, 7) is 0.575. The maximum atomic E-state index is 11.6. The van der Waals surface area contributed by atoms with Crippen molar-refractivity contribution < 1.29 is 10.0 Å². The van der Waals surface area contributed by atoms with Crippen molar-refractivity contribution in [2.24, 2.45) is 0 Å². The molecule has 0 saturated carbocycles. The van der Waals surface area contributed by atoms with E-state index < -0.39 is 0 Å². The molecular weight excluding hydrogens is 222 g/mol. The summed E-state index contributed by atoms with van der Waals surface area (Å²) in [4.78, 5) is 13.2. The summed E-state index contributed by atoms with van der Waals surface area (Å²) in [7, 11) is 1.59. The number of hydrogen-bond donors (Lipinski definition) is 2. The highest BCUT2D eigenvalue weighted by Crippen LogP contribution is 2.29. The van der Waals surface area contributed by atoms with E-state index in [1.807, 2.05) is 6.07 Å². The van der Waals surface area contributed by atoms with E-state index in [2.05, 4.69) is 5.32 Å². The van der Waals surface area contributed by atoms with Crippen LogP contribution in [-0.2, 0) is 13.0 Å². The van der Waals surface area contributed by atoms with Crippen LogP contribution in [0.5, 0.6) is 0 Å². The number of anilines is 1. The molecule has 17 heavy (non-hydrogen) atoms. The minimum atomic E-state index is -0.135. The molecule has 1 aromatic carbocycles. The van der Waals surface area contributed by atoms with Crippen molar-refractivity contribution in [2.45, 2.75) is 13.0 Å². The molecule has 0 bridgehead atoms. The summed E-state index contributed by atoms with van der Waals surface area (Å²) in [5, 5.41) is 21.6. The van der Waals surface area contributed by atoms with Gasteiger partial charge >= 0.3 is 6.03 Å². The van der Waals surface area contributed by atoms with Gasteiger partial charge in [0, 0.05) is 25.8 Å². The van der Waals surface area contributed by atoms with Gasteiger partial charge in [-0.1, -0.05) is 12.1 Å². The quantitative estimate of drug-likeness (QED) is 0.753. The molecule has 2 rings (SSSR count). The van der Waals surface area contributed by atoms with Gasteiger partial charge in [0.1, 0.15) is 0 Å². The van der Waals surface area contributed by atoms with Crippen LogP contribution in [0.2, 0.25) is 0 Å². The topological polar surface area (TPSA) is 78.9 Å². The lowest BCUT2D eigenvalue weighted by Gasteiger charge is -2.20. The van der Waals surface area contributed by atoms with E-state index in [1.165, 1.54) is 0 Å². The Hall–Kier alpha value is -1.63. The first kappa shape index (κ1) is 11.8. The first-order valence-electron chi connectivity index (χ1n) is 5.36. The lowest BCUT2D eigenvalue weighted by Crippen LogP contribution is -2.36. The van der Waals surface area contributed by atoms with E-state index in [9.17, 15) is 10.0 Å². The molecule has 2 N–H and O–H groups in total. The molecule has 1 heterocycles. The zero-order chi connectivity index (χ0) is 12.4. The molecule has 0 radical (unpaired) electrons. The van der Waals surface area contributed by atoms with Crippen LogP contribution in [0.4, 0.5) is 10.5 Å². The van der Waals surface area contributed by atoms with Crippen molar-refractivity contribution in [1.82, 2.24) is 10.5 Å². The van der Waals surface area contributed by atoms with E-state index >= 15 is 0 Å². The highest BCUT2D eigenvalue weighted by Gasteiger charge is 2.23. The third-order valence-electron chi connectivity index (χ3n) is 2.82. The maximum absolute atomic E-state index is 11.6. The van der Waals surface area contributed by atoms with E-state index in [0.29, 0.717) is 6.54 Å². The van der Waals surface area contributed by atoms with Gasteiger partial charge in [-0.15, -0.1) is 0 Å². The molecule has 1 aliphatic rings. The summed E-state index contributed by atoms with van der Waals surface area (Å²) in [6, 6.07) is 5.25. The van der Waals surface area contributed by atoms with Gasteiger partial charge in [0.05, 0.1) is 0 Å². The number of nitrogens with one attached hydrogen (secondary N) is 1. The SMILES string of the molecule is CNC(=O)N1CCc2cc(CN([O-])O)ccc21. The number of fused-ring (bicyclic) bond motifs is 1. The molecule has 0 aromatic heterocycles. The molecule has 0 spiro atoms. The summed E-state index contributed by atoms with van der Waals surface area (Å²) >= 11 is 0. The Morgan fingerprint density at radius 2 is 2.41 bits per heavy atom. The molecule has 6 heteroatoms. The molecule has 92 valence electrons. The van der Waals surface area contributed by atoms with Gasteiger partial charge in [-0.3, -0.25) is 10.1 Å². The second kappa shape index (κ2) is 4.70. The average Bonchev–Trinajstić information content (AvgIpc) is 2.70. The molecule has 0 aliphatic carbocycles. The smallest absolute Gasteiger partial charge is 0.321 e. The lowest BCUT2D eigenvalue weighted by atomic mass is 10.1. The predicted molar refractivity (Wildman–Crippen MR) is 62.6 cm³/mol. The number of rotatable bonds is 2. The van der Waals surface area contributed by atoms with Crippen LogP contribution >= 0.6 is 0 Å². The molecule has 0 atom stereocenters. The van der Waals surface area contributed by atoms with Crippen molar-refractivity contribution in [3.8, 4) is 0 Å². The summed E-state index contributed by atoms with van der Waals surface area (Å²) in [5.41, 5.74) is 2.62. The van der Waals surface area contributed by atoms with E-state index in [1.54, 1.807) is 24.1 Å². The summed E-state index contributed by atoms with van der Waals surface area (Å²) < 4.78 is 0. The van der Waals surface area contributed by atoms with E-state index in [4.69, 9.17) is 5.21 Å². The minimum Gasteiger partial charge on any atom is -0.762 e. The third kappa shape index (κ3) is 2.38. The van der Waals surface area contributed by atoms with Gasteiger partial charge in [-0.2, -0.15) is 0 Å². The Labute approximate surface area is 99.0 Å². The van der Waals surface area contributed by atoms with Crippen LogP contribution < -0.4 is 10.2 Å². The van der Waals surface area contributed by atoms with Crippen LogP contribution in [0.15, 0.2) is 18.2 Å². The molecule has 2 amide bonds. The van der Waals surface area contributed by atoms with E-state index in [0.717, 1.165) is 23.2 Å². The van der Waals surface area contributed by atoms with Gasteiger partial charge in [-0.25, -0.2) is 4.79 Å². The van der Waals surface area contributed by atoms with Crippen molar-refractivity contribution in [1.29, 1.82) is 0 Å². The number of hydrogen-bond acceptors (Lipinski definition) is 4. The highest BCUT2D eigenvalue weighted by atomic mass is 16.8. The zero-order valence-corrected chi connectivity index (χ0v) is 9.51. The normalized spacial score (nSPS) is 14.0. The van der Waals surface area contributed by atoms with Crippen molar-refractivity contribution in [3.63, 3.8) is 0 Å². The fraction of sp³-hybridized carbons (Fsp3) is 0.364. The van der Waals surface area contributed by atoms with Gasteiger partial charge in [0.25, 0.3) is 0 Å². The molecule has 1 aliphatic heterocycles. The molecule has 0 unspecified atom stereocenters. The Morgan fingerprint density at radius 1 is 1.65 bits per heavy atom. The number of amides is 2. The Morgan fingerprint density at radius 3 is 3.06 bits per heavy atom. The molecule has 6 nitrogen and oxygen atoms in total. The minimum absolute atomic E-state index is 0.0622. The fourth-order valence-electron chi connectivity index (χ4n) is 2.06. The Kier molecular flexibility index (Phi) is 3.28. The molecule has 0 fully saturated rings. The van der Waals surface area contributed by atoms with E-state index in [-0.39, 0.29) is 17.8 Å². The molecule has 0 saturated heterocycles. The first-order chi connectivity index (χ1) is 8.11. The predicted octanol–water partition coefficient (Wildman–Crippen LogP) is 1.08. The second-order valence-electron chi connectivity index (χ2n) is 3.93.